The highest BCUT2D eigenvalue weighted by Gasteiger charge is 2.16. The zero-order valence-corrected chi connectivity index (χ0v) is 11.3. The summed E-state index contributed by atoms with van der Waals surface area (Å²) in [6, 6.07) is 4.91. The van der Waals surface area contributed by atoms with Crippen LogP contribution in [0.1, 0.15) is 17.5 Å². The molecule has 0 aromatic heterocycles. The van der Waals surface area contributed by atoms with Crippen LogP contribution in [0.25, 0.3) is 5.57 Å². The summed E-state index contributed by atoms with van der Waals surface area (Å²) in [6.07, 6.45) is 2.87. The van der Waals surface area contributed by atoms with Crippen LogP contribution in [0.5, 0.6) is 0 Å². The van der Waals surface area contributed by atoms with Crippen LogP contribution in [0.4, 0.5) is 5.69 Å². The van der Waals surface area contributed by atoms with Gasteiger partial charge in [0.1, 0.15) is 0 Å². The van der Waals surface area contributed by atoms with Crippen molar-refractivity contribution >= 4 is 17.2 Å². The normalized spacial score (nSPS) is 15.8. The van der Waals surface area contributed by atoms with Gasteiger partial charge in [0.05, 0.1) is 11.5 Å². The Bertz CT molecular complexity index is 581. The second-order valence-electron chi connectivity index (χ2n) is 4.94. The lowest BCUT2D eigenvalue weighted by Gasteiger charge is -2.25. The third-order valence-corrected chi connectivity index (χ3v) is 3.44. The largest absolute Gasteiger partial charge is 0.369 e. The number of rotatable bonds is 4. The van der Waals surface area contributed by atoms with Gasteiger partial charge >= 0.3 is 0 Å². The number of nitrogens with two attached hydrogens (primary N) is 1. The van der Waals surface area contributed by atoms with Gasteiger partial charge in [0.15, 0.2) is 0 Å². The van der Waals surface area contributed by atoms with Crippen molar-refractivity contribution in [3.05, 3.63) is 45.5 Å². The fraction of sp³-hybridized carbons (Fsp3) is 0.357. The highest BCUT2D eigenvalue weighted by molar-refractivity contribution is 5.76. The van der Waals surface area contributed by atoms with E-state index in [-0.39, 0.29) is 23.1 Å². The summed E-state index contributed by atoms with van der Waals surface area (Å²) in [4.78, 5) is 23.2. The number of benzene rings is 1. The molecule has 1 aliphatic rings. The number of hydrogen-bond acceptors (Lipinski definition) is 4. The van der Waals surface area contributed by atoms with E-state index in [1.54, 1.807) is 12.1 Å². The highest BCUT2D eigenvalue weighted by atomic mass is 16.6. The van der Waals surface area contributed by atoms with E-state index in [2.05, 4.69) is 6.08 Å². The smallest absolute Gasteiger partial charge is 0.269 e. The van der Waals surface area contributed by atoms with Crippen LogP contribution in [0, 0.1) is 17.0 Å². The van der Waals surface area contributed by atoms with Crippen molar-refractivity contribution < 1.29 is 9.72 Å². The molecule has 1 aromatic carbocycles. The summed E-state index contributed by atoms with van der Waals surface area (Å²) < 4.78 is 0. The van der Waals surface area contributed by atoms with Crippen molar-refractivity contribution in [1.29, 1.82) is 0 Å². The van der Waals surface area contributed by atoms with E-state index < -0.39 is 0 Å². The number of aryl methyl sites for hydroxylation is 1. The Kier molecular flexibility index (Phi) is 4.14. The number of non-ortho nitro benzene ring substituents is 1. The minimum Gasteiger partial charge on any atom is -0.369 e. The fourth-order valence-corrected chi connectivity index (χ4v) is 2.44. The van der Waals surface area contributed by atoms with Crippen LogP contribution in [0.2, 0.25) is 0 Å². The highest BCUT2D eigenvalue weighted by Crippen LogP contribution is 2.27. The van der Waals surface area contributed by atoms with Crippen molar-refractivity contribution in [3.63, 3.8) is 0 Å². The molecule has 0 bridgehead atoms. The van der Waals surface area contributed by atoms with Crippen LogP contribution in [-0.2, 0) is 4.79 Å². The second-order valence-corrected chi connectivity index (χ2v) is 4.94. The average Bonchev–Trinajstić information content (AvgIpc) is 2.39. The number of nitro benzene ring substituents is 1. The monoisotopic (exact) mass is 275 g/mol. The molecular formula is C14H17N3O3. The Labute approximate surface area is 117 Å². The molecule has 6 nitrogen and oxygen atoms in total. The van der Waals surface area contributed by atoms with Crippen molar-refractivity contribution in [1.82, 2.24) is 4.90 Å². The lowest BCUT2D eigenvalue weighted by atomic mass is 9.95. The number of nitrogens with zero attached hydrogens (tertiary/aromatic N) is 2. The lowest BCUT2D eigenvalue weighted by Crippen LogP contribution is -2.36. The first-order chi connectivity index (χ1) is 9.47. The molecule has 1 aliphatic heterocycles. The van der Waals surface area contributed by atoms with Crippen LogP contribution in [-0.4, -0.2) is 35.4 Å². The number of nitro groups is 1. The van der Waals surface area contributed by atoms with Crippen molar-refractivity contribution in [2.75, 3.05) is 19.6 Å². The van der Waals surface area contributed by atoms with Crippen molar-refractivity contribution in [2.24, 2.45) is 5.73 Å². The molecule has 1 aromatic rings. The third kappa shape index (κ3) is 3.21. The molecule has 0 unspecified atom stereocenters. The Morgan fingerprint density at radius 2 is 2.25 bits per heavy atom. The number of amides is 1. The van der Waals surface area contributed by atoms with E-state index in [1.807, 2.05) is 11.8 Å². The molecule has 0 saturated heterocycles. The van der Waals surface area contributed by atoms with Gasteiger partial charge in [0.25, 0.3) is 5.69 Å². The van der Waals surface area contributed by atoms with Gasteiger partial charge in [-0.15, -0.1) is 0 Å². The van der Waals surface area contributed by atoms with E-state index in [0.29, 0.717) is 6.54 Å². The van der Waals surface area contributed by atoms with Crippen LogP contribution in [0.3, 0.4) is 0 Å². The zero-order chi connectivity index (χ0) is 14.7. The molecule has 0 saturated carbocycles. The van der Waals surface area contributed by atoms with E-state index >= 15 is 0 Å². The summed E-state index contributed by atoms with van der Waals surface area (Å²) in [6.45, 7) is 3.59. The number of carbonyl (C=O) groups is 1. The molecule has 2 rings (SSSR count). The average molecular weight is 275 g/mol. The van der Waals surface area contributed by atoms with Gasteiger partial charge in [0.2, 0.25) is 5.91 Å². The van der Waals surface area contributed by atoms with E-state index in [0.717, 1.165) is 29.7 Å². The Morgan fingerprint density at radius 3 is 2.75 bits per heavy atom. The van der Waals surface area contributed by atoms with Gasteiger partial charge < -0.3 is 5.73 Å². The number of primary amides is 1. The number of carbonyl (C=O) groups excluding carboxylic acids is 1. The molecule has 0 radical (unpaired) electrons. The molecule has 0 aliphatic carbocycles. The van der Waals surface area contributed by atoms with E-state index in [4.69, 9.17) is 5.73 Å². The van der Waals surface area contributed by atoms with Gasteiger partial charge in [-0.05, 0) is 36.1 Å². The molecule has 106 valence electrons. The first kappa shape index (κ1) is 14.2. The van der Waals surface area contributed by atoms with Crippen LogP contribution < -0.4 is 5.73 Å². The summed E-state index contributed by atoms with van der Waals surface area (Å²) in [7, 11) is 0. The SMILES string of the molecule is Cc1cc([N+](=O)[O-])ccc1C1=CCN(CC(N)=O)CC1. The topological polar surface area (TPSA) is 89.5 Å². The fourth-order valence-electron chi connectivity index (χ4n) is 2.44. The van der Waals surface area contributed by atoms with Gasteiger partial charge in [-0.25, -0.2) is 0 Å². The molecule has 20 heavy (non-hydrogen) atoms. The molecule has 1 amide bonds. The third-order valence-electron chi connectivity index (χ3n) is 3.44. The maximum absolute atomic E-state index is 10.9. The van der Waals surface area contributed by atoms with Gasteiger partial charge in [0, 0.05) is 25.2 Å². The predicted octanol–water partition coefficient (Wildman–Crippen LogP) is 1.48. The van der Waals surface area contributed by atoms with Crippen LogP contribution in [0.15, 0.2) is 24.3 Å². The Morgan fingerprint density at radius 1 is 1.50 bits per heavy atom. The minimum absolute atomic E-state index is 0.109. The first-order valence-electron chi connectivity index (χ1n) is 6.42. The van der Waals surface area contributed by atoms with Crippen molar-refractivity contribution in [3.8, 4) is 0 Å². The molecule has 6 heteroatoms. The molecule has 2 N–H and O–H groups in total. The molecule has 1 heterocycles. The maximum atomic E-state index is 10.9. The maximum Gasteiger partial charge on any atom is 0.269 e. The van der Waals surface area contributed by atoms with Crippen molar-refractivity contribution in [2.45, 2.75) is 13.3 Å². The lowest BCUT2D eigenvalue weighted by molar-refractivity contribution is -0.384. The summed E-state index contributed by atoms with van der Waals surface area (Å²) in [5.74, 6) is -0.326. The van der Waals surface area contributed by atoms with Gasteiger partial charge in [-0.2, -0.15) is 0 Å². The molecular weight excluding hydrogens is 258 g/mol. The predicted molar refractivity (Wildman–Crippen MR) is 76.1 cm³/mol. The summed E-state index contributed by atoms with van der Waals surface area (Å²) >= 11 is 0. The van der Waals surface area contributed by atoms with Gasteiger partial charge in [-0.3, -0.25) is 19.8 Å². The van der Waals surface area contributed by atoms with E-state index in [1.165, 1.54) is 6.07 Å². The Hall–Kier alpha value is -2.21. The quantitative estimate of drug-likeness (QED) is 0.665. The van der Waals surface area contributed by atoms with Crippen LogP contribution >= 0.6 is 0 Å². The Balaban J connectivity index is 2.15. The molecule has 0 atom stereocenters. The zero-order valence-electron chi connectivity index (χ0n) is 11.3. The van der Waals surface area contributed by atoms with E-state index in [9.17, 15) is 14.9 Å². The molecule has 0 fully saturated rings. The molecule has 0 spiro atoms. The number of hydrogen-bond donors (Lipinski definition) is 1. The second kappa shape index (κ2) is 5.83. The summed E-state index contributed by atoms with van der Waals surface area (Å²) in [5.41, 5.74) is 8.38. The standard InChI is InChI=1S/C14H17N3O3/c1-10-8-12(17(19)20)2-3-13(10)11-4-6-16(7-5-11)9-14(15)18/h2-4,8H,5-7,9H2,1H3,(H2,15,18). The first-order valence-corrected chi connectivity index (χ1v) is 6.42. The summed E-state index contributed by atoms with van der Waals surface area (Å²) in [5, 5.41) is 10.7. The van der Waals surface area contributed by atoms with Gasteiger partial charge in [-0.1, -0.05) is 6.08 Å². The minimum atomic E-state index is -0.388.